The Kier molecular flexibility index (Phi) is 3.15. The molecule has 0 saturated carbocycles. The second kappa shape index (κ2) is 4.75. The zero-order chi connectivity index (χ0) is 12.3. The molecule has 1 heterocycles. The van der Waals surface area contributed by atoms with E-state index in [1.165, 1.54) is 0 Å². The molecule has 2 rings (SSSR count). The second-order valence-electron chi connectivity index (χ2n) is 3.54. The molecule has 0 fully saturated rings. The van der Waals surface area contributed by atoms with Crippen molar-refractivity contribution >= 4 is 5.97 Å². The number of carbonyl (C=O) groups is 1. The molecule has 1 aromatic carbocycles. The molecule has 0 aliphatic carbocycles. The number of nitrogens with zero attached hydrogens (tertiary/aromatic N) is 2. The first-order valence-electron chi connectivity index (χ1n) is 5.03. The van der Waals surface area contributed by atoms with Gasteiger partial charge in [0.2, 0.25) is 5.89 Å². The molecule has 1 unspecified atom stereocenters. The fourth-order valence-electron chi connectivity index (χ4n) is 1.43. The van der Waals surface area contributed by atoms with Gasteiger partial charge < -0.3 is 15.4 Å². The third-order valence-corrected chi connectivity index (χ3v) is 2.28. The lowest BCUT2D eigenvalue weighted by molar-refractivity contribution is 0.0680. The fourth-order valence-corrected chi connectivity index (χ4v) is 1.43. The molecule has 0 aliphatic heterocycles. The Hall–Kier alpha value is -2.21. The molecule has 0 spiro atoms. The van der Waals surface area contributed by atoms with E-state index in [1.807, 2.05) is 30.3 Å². The summed E-state index contributed by atoms with van der Waals surface area (Å²) in [7, 11) is 0. The van der Waals surface area contributed by atoms with E-state index in [-0.39, 0.29) is 17.8 Å². The third kappa shape index (κ3) is 2.67. The minimum Gasteiger partial charge on any atom is -0.475 e. The van der Waals surface area contributed by atoms with Crippen molar-refractivity contribution in [2.75, 3.05) is 0 Å². The molecule has 17 heavy (non-hydrogen) atoms. The minimum absolute atomic E-state index is 0.221. The van der Waals surface area contributed by atoms with Gasteiger partial charge in [0.25, 0.3) is 5.82 Å². The maximum atomic E-state index is 10.6. The first-order valence-corrected chi connectivity index (χ1v) is 5.03. The zero-order valence-corrected chi connectivity index (χ0v) is 8.91. The Balaban J connectivity index is 2.08. The number of aromatic carboxylic acids is 1. The molecule has 0 bridgehead atoms. The van der Waals surface area contributed by atoms with E-state index in [4.69, 9.17) is 15.4 Å². The molecule has 6 nitrogen and oxygen atoms in total. The zero-order valence-electron chi connectivity index (χ0n) is 8.91. The van der Waals surface area contributed by atoms with Gasteiger partial charge in [-0.05, 0) is 10.7 Å². The molecule has 88 valence electrons. The summed E-state index contributed by atoms with van der Waals surface area (Å²) in [6.45, 7) is 0. The highest BCUT2D eigenvalue weighted by molar-refractivity contribution is 5.82. The summed E-state index contributed by atoms with van der Waals surface area (Å²) in [4.78, 5) is 14.3. The molecule has 1 aromatic heterocycles. The quantitative estimate of drug-likeness (QED) is 0.817. The Labute approximate surface area is 97.1 Å². The fraction of sp³-hybridized carbons (Fsp3) is 0.182. The van der Waals surface area contributed by atoms with Crippen LogP contribution in [-0.2, 0) is 6.42 Å². The summed E-state index contributed by atoms with van der Waals surface area (Å²) < 4.78 is 4.80. The smallest absolute Gasteiger partial charge is 0.377 e. The van der Waals surface area contributed by atoms with E-state index in [0.29, 0.717) is 6.42 Å². The van der Waals surface area contributed by atoms with Gasteiger partial charge >= 0.3 is 5.97 Å². The summed E-state index contributed by atoms with van der Waals surface area (Å²) in [5.41, 5.74) is 6.87. The average Bonchev–Trinajstić information content (AvgIpc) is 2.79. The summed E-state index contributed by atoms with van der Waals surface area (Å²) >= 11 is 0. The average molecular weight is 233 g/mol. The molecule has 0 radical (unpaired) electrons. The molecule has 3 N–H and O–H groups in total. The van der Waals surface area contributed by atoms with Crippen LogP contribution < -0.4 is 5.73 Å². The van der Waals surface area contributed by atoms with E-state index in [0.717, 1.165) is 5.56 Å². The van der Waals surface area contributed by atoms with E-state index >= 15 is 0 Å². The van der Waals surface area contributed by atoms with Gasteiger partial charge in [0.1, 0.15) is 0 Å². The Morgan fingerprint density at radius 3 is 2.71 bits per heavy atom. The summed E-state index contributed by atoms with van der Waals surface area (Å²) in [5.74, 6) is -1.34. The topological polar surface area (TPSA) is 102 Å². The lowest BCUT2D eigenvalue weighted by atomic mass is 10.1. The van der Waals surface area contributed by atoms with Crippen LogP contribution in [0.4, 0.5) is 0 Å². The standard InChI is InChI=1S/C11H11N3O3/c12-8(7-4-2-1-3-5-7)6-9-13-10(11(15)16)14-17-9/h1-5,8H,6,12H2,(H,15,16). The number of carboxylic acids is 1. The lowest BCUT2D eigenvalue weighted by Gasteiger charge is -2.08. The molecule has 2 aromatic rings. The summed E-state index contributed by atoms with van der Waals surface area (Å²) in [6, 6.07) is 9.14. The van der Waals surface area contributed by atoms with Gasteiger partial charge in [0.05, 0.1) is 0 Å². The highest BCUT2D eigenvalue weighted by Gasteiger charge is 2.15. The van der Waals surface area contributed by atoms with E-state index in [9.17, 15) is 4.79 Å². The van der Waals surface area contributed by atoms with Crippen LogP contribution in [0.5, 0.6) is 0 Å². The van der Waals surface area contributed by atoms with Crippen molar-refractivity contribution in [1.29, 1.82) is 0 Å². The Bertz CT molecular complexity index is 510. The van der Waals surface area contributed by atoms with E-state index in [2.05, 4.69) is 10.1 Å². The van der Waals surface area contributed by atoms with E-state index < -0.39 is 5.97 Å². The van der Waals surface area contributed by atoms with Crippen LogP contribution in [0.1, 0.15) is 28.1 Å². The largest absolute Gasteiger partial charge is 0.475 e. The number of aromatic nitrogens is 2. The van der Waals surface area contributed by atoms with Crippen LogP contribution in [0.25, 0.3) is 0 Å². The van der Waals surface area contributed by atoms with Crippen molar-refractivity contribution in [3.63, 3.8) is 0 Å². The van der Waals surface area contributed by atoms with Gasteiger partial charge in [-0.3, -0.25) is 0 Å². The second-order valence-corrected chi connectivity index (χ2v) is 3.54. The monoisotopic (exact) mass is 233 g/mol. The highest BCUT2D eigenvalue weighted by atomic mass is 16.5. The molecule has 1 atom stereocenters. The predicted molar refractivity (Wildman–Crippen MR) is 58.3 cm³/mol. The van der Waals surface area contributed by atoms with Crippen molar-refractivity contribution in [2.45, 2.75) is 12.5 Å². The van der Waals surface area contributed by atoms with Gasteiger partial charge in [-0.2, -0.15) is 4.98 Å². The van der Waals surface area contributed by atoms with Gasteiger partial charge in [-0.25, -0.2) is 4.79 Å². The first-order chi connectivity index (χ1) is 8.16. The Morgan fingerprint density at radius 1 is 1.41 bits per heavy atom. The normalized spacial score (nSPS) is 12.3. The summed E-state index contributed by atoms with van der Waals surface area (Å²) in [5, 5.41) is 12.0. The number of benzene rings is 1. The number of hydrogen-bond acceptors (Lipinski definition) is 5. The summed E-state index contributed by atoms with van der Waals surface area (Å²) in [6.07, 6.45) is 0.310. The number of nitrogens with two attached hydrogens (primary N) is 1. The van der Waals surface area contributed by atoms with Crippen molar-refractivity contribution < 1.29 is 14.4 Å². The van der Waals surface area contributed by atoms with Crippen molar-refractivity contribution in [3.05, 3.63) is 47.6 Å². The molecular formula is C11H11N3O3. The van der Waals surface area contributed by atoms with Crippen molar-refractivity contribution in [2.24, 2.45) is 5.73 Å². The molecule has 0 amide bonds. The molecule has 6 heteroatoms. The van der Waals surface area contributed by atoms with E-state index in [1.54, 1.807) is 0 Å². The van der Waals surface area contributed by atoms with Crippen molar-refractivity contribution in [1.82, 2.24) is 10.1 Å². The van der Waals surface area contributed by atoms with Crippen LogP contribution in [0, 0.1) is 0 Å². The molecule has 0 saturated heterocycles. The number of rotatable bonds is 4. The first kappa shape index (κ1) is 11.3. The number of carboxylic acid groups (broad SMARTS) is 1. The SMILES string of the molecule is NC(Cc1nc(C(=O)O)no1)c1ccccc1. The van der Waals surface area contributed by atoms with Gasteiger partial charge in [-0.15, -0.1) is 0 Å². The van der Waals surface area contributed by atoms with Crippen LogP contribution in [0.15, 0.2) is 34.9 Å². The Morgan fingerprint density at radius 2 is 2.12 bits per heavy atom. The maximum absolute atomic E-state index is 10.6. The molecule has 0 aliphatic rings. The van der Waals surface area contributed by atoms with Crippen LogP contribution in [0.2, 0.25) is 0 Å². The van der Waals surface area contributed by atoms with Crippen molar-refractivity contribution in [3.8, 4) is 0 Å². The van der Waals surface area contributed by atoms with Gasteiger partial charge in [-0.1, -0.05) is 30.3 Å². The predicted octanol–water partition coefficient (Wildman–Crippen LogP) is 1.01. The third-order valence-electron chi connectivity index (χ3n) is 2.28. The molecular weight excluding hydrogens is 222 g/mol. The van der Waals surface area contributed by atoms with Crippen LogP contribution in [0.3, 0.4) is 0 Å². The highest BCUT2D eigenvalue weighted by Crippen LogP contribution is 2.14. The van der Waals surface area contributed by atoms with Gasteiger partial charge in [0, 0.05) is 12.5 Å². The maximum Gasteiger partial charge on any atom is 0.377 e. The minimum atomic E-state index is -1.21. The van der Waals surface area contributed by atoms with Crippen LogP contribution in [-0.4, -0.2) is 21.2 Å². The lowest BCUT2D eigenvalue weighted by Crippen LogP contribution is -2.13. The van der Waals surface area contributed by atoms with Crippen LogP contribution >= 0.6 is 0 Å². The van der Waals surface area contributed by atoms with Gasteiger partial charge in [0.15, 0.2) is 0 Å². The number of hydrogen-bond donors (Lipinski definition) is 2.